The van der Waals surface area contributed by atoms with Crippen molar-refractivity contribution >= 4 is 5.83 Å². The van der Waals surface area contributed by atoms with E-state index in [4.69, 9.17) is 9.47 Å². The van der Waals surface area contributed by atoms with Gasteiger partial charge in [-0.3, -0.25) is 0 Å². The van der Waals surface area contributed by atoms with Crippen molar-refractivity contribution in [3.63, 3.8) is 0 Å². The lowest BCUT2D eigenvalue weighted by Crippen LogP contribution is -2.31. The van der Waals surface area contributed by atoms with E-state index in [1.807, 2.05) is 0 Å². The van der Waals surface area contributed by atoms with Gasteiger partial charge in [-0.1, -0.05) is 0 Å². The molecule has 1 aliphatic carbocycles. The Morgan fingerprint density at radius 2 is 1.59 bits per heavy atom. The van der Waals surface area contributed by atoms with Crippen molar-refractivity contribution in [1.29, 1.82) is 0 Å². The molecule has 1 aromatic rings. The van der Waals surface area contributed by atoms with E-state index in [2.05, 4.69) is 0 Å². The highest BCUT2D eigenvalue weighted by atomic mass is 19.2. The lowest BCUT2D eigenvalue weighted by Gasteiger charge is -2.26. The number of ether oxygens (including phenoxy) is 2. The van der Waals surface area contributed by atoms with E-state index in [0.717, 1.165) is 20.3 Å². The maximum atomic E-state index is 13.7. The van der Waals surface area contributed by atoms with Gasteiger partial charge >= 0.3 is 0 Å². The molecule has 0 saturated carbocycles. The summed E-state index contributed by atoms with van der Waals surface area (Å²) >= 11 is 0. The molecule has 0 aliphatic heterocycles. The number of hydrogen-bond acceptors (Lipinski definition) is 2. The number of halogens is 4. The second kappa shape index (κ2) is 3.82. The summed E-state index contributed by atoms with van der Waals surface area (Å²) in [6, 6.07) is 1.64. The fourth-order valence-corrected chi connectivity index (χ4v) is 1.89. The highest BCUT2D eigenvalue weighted by molar-refractivity contribution is 5.73. The van der Waals surface area contributed by atoms with E-state index in [1.54, 1.807) is 0 Å². The van der Waals surface area contributed by atoms with Gasteiger partial charge in [-0.2, -0.15) is 0 Å². The van der Waals surface area contributed by atoms with Gasteiger partial charge in [-0.25, -0.2) is 17.6 Å². The van der Waals surface area contributed by atoms with E-state index in [-0.39, 0.29) is 0 Å². The largest absolute Gasteiger partial charge is 0.344 e. The Morgan fingerprint density at radius 3 is 2.12 bits per heavy atom. The van der Waals surface area contributed by atoms with Gasteiger partial charge < -0.3 is 9.47 Å². The maximum absolute atomic E-state index is 13.7. The monoisotopic (exact) mass is 248 g/mol. The molecule has 0 bridgehead atoms. The summed E-state index contributed by atoms with van der Waals surface area (Å²) in [7, 11) is 2.02. The summed E-state index contributed by atoms with van der Waals surface area (Å²) < 4.78 is 63.4. The predicted octanol–water partition coefficient (Wildman–Crippen LogP) is 3.03. The number of rotatable bonds is 2. The van der Waals surface area contributed by atoms with E-state index in [1.165, 1.54) is 0 Å². The van der Waals surface area contributed by atoms with Crippen molar-refractivity contribution in [2.75, 3.05) is 14.2 Å². The molecule has 0 unspecified atom stereocenters. The van der Waals surface area contributed by atoms with Gasteiger partial charge in [-0.15, -0.1) is 0 Å². The molecule has 0 amide bonds. The molecule has 6 heteroatoms. The molecular weight excluding hydrogens is 240 g/mol. The summed E-state index contributed by atoms with van der Waals surface area (Å²) in [6.45, 7) is 0. The molecule has 1 aromatic carbocycles. The van der Waals surface area contributed by atoms with Crippen molar-refractivity contribution in [1.82, 2.24) is 0 Å². The van der Waals surface area contributed by atoms with Crippen LogP contribution in [0.2, 0.25) is 0 Å². The Labute approximate surface area is 94.4 Å². The highest BCUT2D eigenvalue weighted by Gasteiger charge is 2.51. The second-order valence-electron chi connectivity index (χ2n) is 3.44. The lowest BCUT2D eigenvalue weighted by molar-refractivity contribution is -0.197. The Morgan fingerprint density at radius 1 is 1.00 bits per heavy atom. The molecule has 1 aliphatic rings. The minimum absolute atomic E-state index is 0.412. The number of methoxy groups -OCH3 is 2. The molecule has 92 valence electrons. The van der Waals surface area contributed by atoms with Crippen LogP contribution in [0.25, 0.3) is 5.83 Å². The maximum Gasteiger partial charge on any atom is 0.255 e. The fourth-order valence-electron chi connectivity index (χ4n) is 1.89. The first-order valence-corrected chi connectivity index (χ1v) is 4.64. The SMILES string of the molecule is COC1(OC)C(F)=C(F)c2ccc(F)c(F)c21. The smallest absolute Gasteiger partial charge is 0.255 e. The molecule has 0 atom stereocenters. The molecule has 0 heterocycles. The molecule has 0 fully saturated rings. The zero-order chi connectivity index (χ0) is 12.8. The second-order valence-corrected chi connectivity index (χ2v) is 3.44. The summed E-state index contributed by atoms with van der Waals surface area (Å²) in [6.07, 6.45) is 0. The predicted molar refractivity (Wildman–Crippen MR) is 51.2 cm³/mol. The van der Waals surface area contributed by atoms with Gasteiger partial charge in [-0.05, 0) is 12.1 Å². The van der Waals surface area contributed by atoms with Crippen molar-refractivity contribution in [2.24, 2.45) is 0 Å². The van der Waals surface area contributed by atoms with Gasteiger partial charge in [0.05, 0.1) is 5.56 Å². The normalized spacial score (nSPS) is 17.5. The van der Waals surface area contributed by atoms with Gasteiger partial charge in [0.1, 0.15) is 0 Å². The van der Waals surface area contributed by atoms with Crippen LogP contribution >= 0.6 is 0 Å². The van der Waals surface area contributed by atoms with Gasteiger partial charge in [0, 0.05) is 19.8 Å². The van der Waals surface area contributed by atoms with Crippen LogP contribution in [0.4, 0.5) is 17.6 Å². The average molecular weight is 248 g/mol. The highest BCUT2D eigenvalue weighted by Crippen LogP contribution is 2.49. The van der Waals surface area contributed by atoms with Gasteiger partial charge in [0.2, 0.25) is 5.83 Å². The number of hydrogen-bond donors (Lipinski definition) is 0. The topological polar surface area (TPSA) is 18.5 Å². The molecule has 17 heavy (non-hydrogen) atoms. The quantitative estimate of drug-likeness (QED) is 0.591. The van der Waals surface area contributed by atoms with Crippen molar-refractivity contribution in [2.45, 2.75) is 5.79 Å². The van der Waals surface area contributed by atoms with Crippen molar-refractivity contribution < 1.29 is 27.0 Å². The minimum Gasteiger partial charge on any atom is -0.344 e. The number of fused-ring (bicyclic) bond motifs is 1. The number of benzene rings is 1. The lowest BCUT2D eigenvalue weighted by atomic mass is 10.0. The summed E-state index contributed by atoms with van der Waals surface area (Å²) in [4.78, 5) is 0. The summed E-state index contributed by atoms with van der Waals surface area (Å²) in [5.74, 6) is -7.73. The van der Waals surface area contributed by atoms with Crippen LogP contribution in [0.3, 0.4) is 0 Å². The van der Waals surface area contributed by atoms with Crippen LogP contribution in [-0.4, -0.2) is 14.2 Å². The molecule has 0 saturated heterocycles. The molecule has 0 spiro atoms. The van der Waals surface area contributed by atoms with Crippen LogP contribution in [-0.2, 0) is 15.3 Å². The third-order valence-electron chi connectivity index (χ3n) is 2.72. The molecule has 2 rings (SSSR count). The van der Waals surface area contributed by atoms with Crippen LogP contribution in [0.1, 0.15) is 11.1 Å². The third kappa shape index (κ3) is 1.34. The van der Waals surface area contributed by atoms with Gasteiger partial charge in [0.25, 0.3) is 5.79 Å². The minimum atomic E-state index is -2.36. The molecular formula is C11H8F4O2. The Bertz CT molecular complexity index is 506. The Balaban J connectivity index is 2.81. The molecule has 2 nitrogen and oxygen atoms in total. The van der Waals surface area contributed by atoms with Crippen LogP contribution in [0.5, 0.6) is 0 Å². The third-order valence-corrected chi connectivity index (χ3v) is 2.72. The Hall–Kier alpha value is -1.40. The average Bonchev–Trinajstić information content (AvgIpc) is 2.55. The zero-order valence-corrected chi connectivity index (χ0v) is 8.98. The van der Waals surface area contributed by atoms with E-state index in [9.17, 15) is 17.6 Å². The molecule has 0 aromatic heterocycles. The molecule has 0 radical (unpaired) electrons. The fraction of sp³-hybridized carbons (Fsp3) is 0.273. The zero-order valence-electron chi connectivity index (χ0n) is 8.98. The summed E-state index contributed by atoms with van der Waals surface area (Å²) in [5, 5.41) is 0. The van der Waals surface area contributed by atoms with Gasteiger partial charge in [0.15, 0.2) is 17.5 Å². The first-order chi connectivity index (χ1) is 7.99. The molecule has 0 N–H and O–H groups in total. The van der Waals surface area contributed by atoms with Crippen molar-refractivity contribution in [3.8, 4) is 0 Å². The van der Waals surface area contributed by atoms with E-state index >= 15 is 0 Å². The first kappa shape index (κ1) is 12.1. The first-order valence-electron chi connectivity index (χ1n) is 4.64. The standard InChI is InChI=1S/C11H8F4O2/c1-16-11(17-2)7-5(8(13)10(11)15)3-4-6(12)9(7)14/h3-4H,1-2H3. The summed E-state index contributed by atoms with van der Waals surface area (Å²) in [5.41, 5.74) is -1.04. The van der Waals surface area contributed by atoms with E-state index in [0.29, 0.717) is 6.07 Å². The van der Waals surface area contributed by atoms with Crippen molar-refractivity contribution in [3.05, 3.63) is 40.7 Å². The van der Waals surface area contributed by atoms with Crippen LogP contribution in [0.15, 0.2) is 18.0 Å². The van der Waals surface area contributed by atoms with E-state index < -0.39 is 40.2 Å². The van der Waals surface area contributed by atoms with Crippen LogP contribution in [0, 0.1) is 11.6 Å². The van der Waals surface area contributed by atoms with Crippen LogP contribution < -0.4 is 0 Å². The Kier molecular flexibility index (Phi) is 2.71.